The lowest BCUT2D eigenvalue weighted by Crippen LogP contribution is -2.13. The molecule has 0 aromatic carbocycles. The fraction of sp³-hybridized carbons (Fsp3) is 0.800. The molecule has 86 valence electrons. The number of methoxy groups -OCH3 is 1. The van der Waals surface area contributed by atoms with Crippen molar-refractivity contribution in [1.29, 1.82) is 0 Å². The topological polar surface area (TPSA) is 39.9 Å². The van der Waals surface area contributed by atoms with Gasteiger partial charge in [-0.1, -0.05) is 19.1 Å². The van der Waals surface area contributed by atoms with Crippen LogP contribution in [0, 0.1) is 5.92 Å². The van der Waals surface area contributed by atoms with Crippen molar-refractivity contribution in [3.05, 3.63) is 11.4 Å². The summed E-state index contributed by atoms with van der Waals surface area (Å²) in [7, 11) is 1.68. The molecule has 0 saturated heterocycles. The minimum atomic E-state index is -0.0208. The Bertz CT molecular complexity index is 312. The molecular weight excluding hydrogens is 214 g/mol. The molecule has 0 aliphatic heterocycles. The van der Waals surface area contributed by atoms with Gasteiger partial charge in [-0.3, -0.25) is 0 Å². The highest BCUT2D eigenvalue weighted by Gasteiger charge is 2.18. The summed E-state index contributed by atoms with van der Waals surface area (Å²) in [5.41, 5.74) is 1.80. The van der Waals surface area contributed by atoms with Crippen molar-refractivity contribution in [2.75, 3.05) is 7.11 Å². The lowest BCUT2D eigenvalue weighted by molar-refractivity contribution is 0.110. The molecule has 0 aliphatic rings. The van der Waals surface area contributed by atoms with Crippen molar-refractivity contribution in [1.82, 2.24) is 15.0 Å². The molecule has 5 heteroatoms. The number of hydrogen-bond acceptors (Lipinski definition) is 3. The Morgan fingerprint density at radius 1 is 1.40 bits per heavy atom. The van der Waals surface area contributed by atoms with E-state index in [0.29, 0.717) is 11.8 Å². The molecule has 0 spiro atoms. The standard InChI is InChI=1S/C10H18ClN3O/c1-7(2)6-14-10(8(3)15-4)9(5-11)12-13-14/h7-8H,5-6H2,1-4H3. The molecule has 1 aromatic heterocycles. The second-order valence-electron chi connectivity index (χ2n) is 4.01. The van der Waals surface area contributed by atoms with Gasteiger partial charge in [-0.2, -0.15) is 0 Å². The van der Waals surface area contributed by atoms with Gasteiger partial charge in [0, 0.05) is 13.7 Å². The van der Waals surface area contributed by atoms with Crippen LogP contribution in [-0.4, -0.2) is 22.1 Å². The summed E-state index contributed by atoms with van der Waals surface area (Å²) in [5.74, 6) is 0.902. The lowest BCUT2D eigenvalue weighted by atomic mass is 10.2. The van der Waals surface area contributed by atoms with Crippen molar-refractivity contribution in [2.24, 2.45) is 5.92 Å². The third kappa shape index (κ3) is 2.92. The summed E-state index contributed by atoms with van der Waals surface area (Å²) in [6, 6.07) is 0. The maximum absolute atomic E-state index is 5.81. The van der Waals surface area contributed by atoms with E-state index in [1.165, 1.54) is 0 Å². The van der Waals surface area contributed by atoms with Crippen LogP contribution < -0.4 is 0 Å². The average molecular weight is 232 g/mol. The first-order chi connectivity index (χ1) is 7.10. The maximum Gasteiger partial charge on any atom is 0.103 e. The van der Waals surface area contributed by atoms with E-state index in [1.807, 2.05) is 11.6 Å². The molecule has 0 amide bonds. The number of ether oxygens (including phenoxy) is 1. The second kappa shape index (κ2) is 5.47. The van der Waals surface area contributed by atoms with E-state index in [1.54, 1.807) is 7.11 Å². The van der Waals surface area contributed by atoms with Gasteiger partial charge in [-0.05, 0) is 12.8 Å². The molecule has 4 nitrogen and oxygen atoms in total. The highest BCUT2D eigenvalue weighted by atomic mass is 35.5. The van der Waals surface area contributed by atoms with Gasteiger partial charge in [0.1, 0.15) is 5.69 Å². The zero-order valence-corrected chi connectivity index (χ0v) is 10.5. The van der Waals surface area contributed by atoms with E-state index in [0.717, 1.165) is 17.9 Å². The Morgan fingerprint density at radius 2 is 2.07 bits per heavy atom. The highest BCUT2D eigenvalue weighted by molar-refractivity contribution is 6.16. The normalized spacial score (nSPS) is 13.5. The largest absolute Gasteiger partial charge is 0.375 e. The Balaban J connectivity index is 3.00. The number of nitrogens with zero attached hydrogens (tertiary/aromatic N) is 3. The van der Waals surface area contributed by atoms with Crippen molar-refractivity contribution in [3.63, 3.8) is 0 Å². The fourth-order valence-electron chi connectivity index (χ4n) is 1.49. The first-order valence-electron chi connectivity index (χ1n) is 5.11. The number of alkyl halides is 1. The van der Waals surface area contributed by atoms with Gasteiger partial charge >= 0.3 is 0 Å². The Labute approximate surface area is 95.6 Å². The Hall–Kier alpha value is -0.610. The van der Waals surface area contributed by atoms with Crippen LogP contribution in [0.2, 0.25) is 0 Å². The monoisotopic (exact) mass is 231 g/mol. The van der Waals surface area contributed by atoms with E-state index >= 15 is 0 Å². The van der Waals surface area contributed by atoms with Crippen molar-refractivity contribution >= 4 is 11.6 Å². The van der Waals surface area contributed by atoms with Crippen LogP contribution in [0.25, 0.3) is 0 Å². The minimum absolute atomic E-state index is 0.0208. The van der Waals surface area contributed by atoms with Gasteiger partial charge in [0.25, 0.3) is 0 Å². The molecule has 0 fully saturated rings. The molecule has 1 aromatic rings. The van der Waals surface area contributed by atoms with Crippen LogP contribution in [0.5, 0.6) is 0 Å². The third-order valence-electron chi connectivity index (χ3n) is 2.25. The van der Waals surface area contributed by atoms with Crippen molar-refractivity contribution in [2.45, 2.75) is 39.3 Å². The summed E-state index contributed by atoms with van der Waals surface area (Å²) in [4.78, 5) is 0. The summed E-state index contributed by atoms with van der Waals surface area (Å²) < 4.78 is 7.19. The average Bonchev–Trinajstić information content (AvgIpc) is 2.58. The molecule has 0 radical (unpaired) electrons. The Kier molecular flexibility index (Phi) is 4.54. The summed E-state index contributed by atoms with van der Waals surface area (Å²) >= 11 is 5.81. The number of rotatable bonds is 5. The lowest BCUT2D eigenvalue weighted by Gasteiger charge is -2.14. The summed E-state index contributed by atoms with van der Waals surface area (Å²) in [6.07, 6.45) is -0.0208. The van der Waals surface area contributed by atoms with Gasteiger partial charge in [-0.25, -0.2) is 4.68 Å². The van der Waals surface area contributed by atoms with Gasteiger partial charge in [-0.15, -0.1) is 16.7 Å². The predicted octanol–water partition coefficient (Wildman–Crippen LogP) is 2.38. The van der Waals surface area contributed by atoms with Gasteiger partial charge in [0.2, 0.25) is 0 Å². The van der Waals surface area contributed by atoms with E-state index in [4.69, 9.17) is 16.3 Å². The van der Waals surface area contributed by atoms with E-state index < -0.39 is 0 Å². The molecule has 1 rings (SSSR count). The fourth-order valence-corrected chi connectivity index (χ4v) is 1.68. The quantitative estimate of drug-likeness (QED) is 0.731. The Morgan fingerprint density at radius 3 is 2.53 bits per heavy atom. The minimum Gasteiger partial charge on any atom is -0.375 e. The molecule has 1 atom stereocenters. The highest BCUT2D eigenvalue weighted by Crippen LogP contribution is 2.20. The zero-order valence-electron chi connectivity index (χ0n) is 9.70. The summed E-state index contributed by atoms with van der Waals surface area (Å²) in [5, 5.41) is 8.16. The molecule has 15 heavy (non-hydrogen) atoms. The number of aromatic nitrogens is 3. The molecular formula is C10H18ClN3O. The first kappa shape index (κ1) is 12.5. The predicted molar refractivity (Wildman–Crippen MR) is 59.8 cm³/mol. The van der Waals surface area contributed by atoms with Crippen LogP contribution in [0.3, 0.4) is 0 Å². The summed E-state index contributed by atoms with van der Waals surface area (Å²) in [6.45, 7) is 7.10. The molecule has 1 unspecified atom stereocenters. The maximum atomic E-state index is 5.81. The molecule has 1 heterocycles. The first-order valence-corrected chi connectivity index (χ1v) is 5.64. The second-order valence-corrected chi connectivity index (χ2v) is 4.28. The van der Waals surface area contributed by atoms with E-state index in [9.17, 15) is 0 Å². The molecule has 0 N–H and O–H groups in total. The molecule has 0 saturated carbocycles. The molecule has 0 aliphatic carbocycles. The van der Waals surface area contributed by atoms with Crippen LogP contribution in [0.1, 0.15) is 38.3 Å². The smallest absolute Gasteiger partial charge is 0.103 e. The van der Waals surface area contributed by atoms with Crippen LogP contribution in [0.4, 0.5) is 0 Å². The number of halogens is 1. The number of hydrogen-bond donors (Lipinski definition) is 0. The van der Waals surface area contributed by atoms with E-state index in [2.05, 4.69) is 24.2 Å². The van der Waals surface area contributed by atoms with Gasteiger partial charge in [0.15, 0.2) is 0 Å². The SMILES string of the molecule is COC(C)c1c(CCl)nnn1CC(C)C. The molecule has 0 bridgehead atoms. The van der Waals surface area contributed by atoms with E-state index in [-0.39, 0.29) is 6.10 Å². The zero-order chi connectivity index (χ0) is 11.4. The van der Waals surface area contributed by atoms with Crippen molar-refractivity contribution < 1.29 is 4.74 Å². The van der Waals surface area contributed by atoms with Crippen LogP contribution in [0.15, 0.2) is 0 Å². The van der Waals surface area contributed by atoms with Crippen LogP contribution in [-0.2, 0) is 17.2 Å². The van der Waals surface area contributed by atoms with Gasteiger partial charge < -0.3 is 4.74 Å². The van der Waals surface area contributed by atoms with Crippen molar-refractivity contribution in [3.8, 4) is 0 Å². The van der Waals surface area contributed by atoms with Gasteiger partial charge in [0.05, 0.1) is 17.7 Å². The van der Waals surface area contributed by atoms with Crippen LogP contribution >= 0.6 is 11.6 Å². The third-order valence-corrected chi connectivity index (χ3v) is 2.50.